The maximum absolute atomic E-state index is 12.2. The van der Waals surface area contributed by atoms with E-state index in [1.54, 1.807) is 6.08 Å². The van der Waals surface area contributed by atoms with Crippen LogP contribution in [-0.4, -0.2) is 61.8 Å². The molecule has 2 fully saturated rings. The molecule has 1 aliphatic carbocycles. The lowest BCUT2D eigenvalue weighted by atomic mass is 9.79. The Bertz CT molecular complexity index is 662. The van der Waals surface area contributed by atoms with Gasteiger partial charge in [0.25, 0.3) is 5.91 Å². The van der Waals surface area contributed by atoms with E-state index in [1.165, 1.54) is 25.3 Å². The number of morpholine rings is 1. The maximum Gasteiger partial charge on any atom is 0.331 e. The molecule has 0 spiro atoms. The molecule has 1 saturated heterocycles. The van der Waals surface area contributed by atoms with Crippen LogP contribution in [0, 0.1) is 0 Å². The average molecular weight is 386 g/mol. The van der Waals surface area contributed by atoms with E-state index in [0.717, 1.165) is 44.7 Å². The first-order chi connectivity index (χ1) is 13.7. The van der Waals surface area contributed by atoms with Crippen molar-refractivity contribution in [3.63, 3.8) is 0 Å². The molecular formula is C22H30N2O4. The van der Waals surface area contributed by atoms with Gasteiger partial charge < -0.3 is 14.8 Å². The number of ether oxygens (including phenoxy) is 2. The Hall–Kier alpha value is -2.18. The third-order valence-corrected chi connectivity index (χ3v) is 5.64. The molecule has 0 radical (unpaired) electrons. The molecule has 0 bridgehead atoms. The van der Waals surface area contributed by atoms with Crippen LogP contribution in [-0.2, 0) is 19.1 Å². The zero-order valence-electron chi connectivity index (χ0n) is 16.4. The number of nitrogens with zero attached hydrogens (tertiary/aromatic N) is 1. The minimum absolute atomic E-state index is 0.00884. The van der Waals surface area contributed by atoms with Gasteiger partial charge in [-0.1, -0.05) is 49.6 Å². The summed E-state index contributed by atoms with van der Waals surface area (Å²) < 4.78 is 10.6. The molecule has 2 aliphatic rings. The van der Waals surface area contributed by atoms with Crippen LogP contribution < -0.4 is 5.32 Å². The quantitative estimate of drug-likeness (QED) is 0.576. The van der Waals surface area contributed by atoms with E-state index in [-0.39, 0.29) is 18.1 Å². The van der Waals surface area contributed by atoms with Gasteiger partial charge in [-0.15, -0.1) is 0 Å². The Labute approximate surface area is 166 Å². The fourth-order valence-corrected chi connectivity index (χ4v) is 4.08. The van der Waals surface area contributed by atoms with E-state index in [4.69, 9.17) is 9.47 Å². The van der Waals surface area contributed by atoms with Crippen LogP contribution in [0.25, 0.3) is 6.08 Å². The minimum atomic E-state index is -0.514. The van der Waals surface area contributed by atoms with E-state index in [1.807, 2.05) is 30.3 Å². The van der Waals surface area contributed by atoms with Gasteiger partial charge in [-0.05, 0) is 24.5 Å². The van der Waals surface area contributed by atoms with Crippen molar-refractivity contribution < 1.29 is 19.1 Å². The fourth-order valence-electron chi connectivity index (χ4n) is 4.08. The Kier molecular flexibility index (Phi) is 7.62. The standard InChI is InChI=1S/C22H30N2O4/c25-20(17-28-21(26)10-9-19-7-3-1-4-8-19)23-18-22(11-5-2-6-12-22)24-13-15-27-16-14-24/h1,3-4,7-10H,2,5-6,11-18H2,(H,23,25)/b10-9+. The largest absolute Gasteiger partial charge is 0.452 e. The van der Waals surface area contributed by atoms with Gasteiger partial charge in [-0.3, -0.25) is 9.69 Å². The number of benzene rings is 1. The first-order valence-electron chi connectivity index (χ1n) is 10.2. The fraction of sp³-hybridized carbons (Fsp3) is 0.545. The maximum atomic E-state index is 12.2. The van der Waals surface area contributed by atoms with Crippen molar-refractivity contribution >= 4 is 18.0 Å². The lowest BCUT2D eigenvalue weighted by molar-refractivity contribution is -0.144. The van der Waals surface area contributed by atoms with E-state index in [2.05, 4.69) is 10.2 Å². The van der Waals surface area contributed by atoms with E-state index in [9.17, 15) is 9.59 Å². The van der Waals surface area contributed by atoms with Crippen LogP contribution in [0.5, 0.6) is 0 Å². The van der Waals surface area contributed by atoms with Crippen LogP contribution in [0.15, 0.2) is 36.4 Å². The van der Waals surface area contributed by atoms with Crippen molar-refractivity contribution in [2.45, 2.75) is 37.6 Å². The summed E-state index contributed by atoms with van der Waals surface area (Å²) in [6, 6.07) is 9.50. The van der Waals surface area contributed by atoms with E-state index >= 15 is 0 Å². The molecule has 0 aromatic heterocycles. The number of carbonyl (C=O) groups excluding carboxylic acids is 2. The molecule has 1 heterocycles. The molecule has 28 heavy (non-hydrogen) atoms. The van der Waals surface area contributed by atoms with Crippen LogP contribution in [0.2, 0.25) is 0 Å². The SMILES string of the molecule is O=C(COC(=O)/C=C/c1ccccc1)NCC1(N2CCOCC2)CCCCC1. The summed E-state index contributed by atoms with van der Waals surface area (Å²) in [6.45, 7) is 3.67. The van der Waals surface area contributed by atoms with Gasteiger partial charge in [-0.2, -0.15) is 0 Å². The van der Waals surface area contributed by atoms with Crippen molar-refractivity contribution in [1.82, 2.24) is 10.2 Å². The van der Waals surface area contributed by atoms with Crippen LogP contribution in [0.4, 0.5) is 0 Å². The zero-order chi connectivity index (χ0) is 19.7. The van der Waals surface area contributed by atoms with E-state index in [0.29, 0.717) is 6.54 Å². The van der Waals surface area contributed by atoms with Gasteiger partial charge in [0.1, 0.15) is 0 Å². The third kappa shape index (κ3) is 5.91. The van der Waals surface area contributed by atoms with Gasteiger partial charge in [0.15, 0.2) is 6.61 Å². The molecular weight excluding hydrogens is 356 g/mol. The van der Waals surface area contributed by atoms with Crippen LogP contribution in [0.3, 0.4) is 0 Å². The van der Waals surface area contributed by atoms with Crippen molar-refractivity contribution in [3.05, 3.63) is 42.0 Å². The predicted octanol–water partition coefficient (Wildman–Crippen LogP) is 2.39. The molecule has 3 rings (SSSR count). The Balaban J connectivity index is 1.45. The van der Waals surface area contributed by atoms with Gasteiger partial charge in [0, 0.05) is 31.2 Å². The van der Waals surface area contributed by atoms with Gasteiger partial charge in [0.05, 0.1) is 13.2 Å². The topological polar surface area (TPSA) is 67.9 Å². The lowest BCUT2D eigenvalue weighted by Crippen LogP contribution is -2.59. The first-order valence-corrected chi connectivity index (χ1v) is 10.2. The number of esters is 1. The molecule has 0 unspecified atom stereocenters. The van der Waals surface area contributed by atoms with Crippen molar-refractivity contribution in [1.29, 1.82) is 0 Å². The average Bonchev–Trinajstić information content (AvgIpc) is 2.77. The second-order valence-electron chi connectivity index (χ2n) is 7.51. The highest BCUT2D eigenvalue weighted by Crippen LogP contribution is 2.33. The molecule has 1 amide bonds. The molecule has 6 heteroatoms. The summed E-state index contributed by atoms with van der Waals surface area (Å²) in [5.74, 6) is -0.765. The highest BCUT2D eigenvalue weighted by Gasteiger charge is 2.38. The molecule has 1 aliphatic heterocycles. The summed E-state index contributed by atoms with van der Waals surface area (Å²) in [6.07, 6.45) is 8.83. The summed E-state index contributed by atoms with van der Waals surface area (Å²) in [5.41, 5.74) is 0.920. The first kappa shape index (κ1) is 20.6. The van der Waals surface area contributed by atoms with Gasteiger partial charge >= 0.3 is 5.97 Å². The third-order valence-electron chi connectivity index (χ3n) is 5.64. The molecule has 1 aromatic rings. The van der Waals surface area contributed by atoms with Crippen LogP contribution in [0.1, 0.15) is 37.7 Å². The zero-order valence-corrected chi connectivity index (χ0v) is 16.4. The number of hydrogen-bond acceptors (Lipinski definition) is 5. The minimum Gasteiger partial charge on any atom is -0.452 e. The highest BCUT2D eigenvalue weighted by molar-refractivity contribution is 5.89. The normalized spacial score (nSPS) is 20.0. The molecule has 152 valence electrons. The van der Waals surface area contributed by atoms with Crippen molar-refractivity contribution in [2.24, 2.45) is 0 Å². The number of nitrogens with one attached hydrogen (secondary N) is 1. The smallest absolute Gasteiger partial charge is 0.331 e. The van der Waals surface area contributed by atoms with Gasteiger partial charge in [0.2, 0.25) is 0 Å². The van der Waals surface area contributed by atoms with Gasteiger partial charge in [-0.25, -0.2) is 4.79 Å². The number of rotatable bonds is 7. The number of carbonyl (C=O) groups is 2. The highest BCUT2D eigenvalue weighted by atomic mass is 16.5. The van der Waals surface area contributed by atoms with Crippen molar-refractivity contribution in [2.75, 3.05) is 39.5 Å². The van der Waals surface area contributed by atoms with Crippen molar-refractivity contribution in [3.8, 4) is 0 Å². The monoisotopic (exact) mass is 386 g/mol. The second-order valence-corrected chi connectivity index (χ2v) is 7.51. The molecule has 1 aromatic carbocycles. The molecule has 6 nitrogen and oxygen atoms in total. The Morgan fingerprint density at radius 2 is 1.82 bits per heavy atom. The second kappa shape index (κ2) is 10.4. The summed E-state index contributed by atoms with van der Waals surface area (Å²) in [7, 11) is 0. The lowest BCUT2D eigenvalue weighted by Gasteiger charge is -2.48. The molecule has 1 saturated carbocycles. The predicted molar refractivity (Wildman–Crippen MR) is 108 cm³/mol. The molecule has 1 N–H and O–H groups in total. The molecule has 0 atom stereocenters. The summed E-state index contributed by atoms with van der Waals surface area (Å²) in [5, 5.41) is 3.00. The van der Waals surface area contributed by atoms with Crippen LogP contribution >= 0.6 is 0 Å². The number of hydrogen-bond donors (Lipinski definition) is 1. The Morgan fingerprint density at radius 1 is 1.11 bits per heavy atom. The Morgan fingerprint density at radius 3 is 2.54 bits per heavy atom. The number of amides is 1. The van der Waals surface area contributed by atoms with E-state index < -0.39 is 5.97 Å². The summed E-state index contributed by atoms with van der Waals surface area (Å²) in [4.78, 5) is 26.5. The summed E-state index contributed by atoms with van der Waals surface area (Å²) >= 11 is 0.